The fraction of sp³-hybridized carbons (Fsp3) is 0.278. The first-order valence-corrected chi connectivity index (χ1v) is 10.4. The van der Waals surface area contributed by atoms with Crippen LogP contribution in [0.15, 0.2) is 47.2 Å². The summed E-state index contributed by atoms with van der Waals surface area (Å²) >= 11 is 1.43. The van der Waals surface area contributed by atoms with Crippen LogP contribution >= 0.6 is 11.3 Å². The molecule has 0 aliphatic carbocycles. The molecule has 25 heavy (non-hydrogen) atoms. The average Bonchev–Trinajstić information content (AvgIpc) is 3.06. The maximum Gasteiger partial charge on any atom is 0.264 e. The van der Waals surface area contributed by atoms with Crippen molar-refractivity contribution < 1.29 is 13.2 Å². The SMILES string of the molecule is Cc1ccsc1C(=O)N1CCN(S(=O)(=O)/C=C/c2ccccc2)CC1. The number of carbonyl (C=O) groups is 1. The maximum atomic E-state index is 12.5. The number of hydrogen-bond donors (Lipinski definition) is 0. The lowest BCUT2D eigenvalue weighted by molar-refractivity contribution is 0.0703. The minimum Gasteiger partial charge on any atom is -0.335 e. The van der Waals surface area contributed by atoms with Gasteiger partial charge in [0.2, 0.25) is 10.0 Å². The van der Waals surface area contributed by atoms with Crippen molar-refractivity contribution in [2.45, 2.75) is 6.92 Å². The number of rotatable bonds is 4. The molecule has 0 saturated carbocycles. The number of hydrogen-bond acceptors (Lipinski definition) is 4. The highest BCUT2D eigenvalue weighted by Gasteiger charge is 2.28. The molecule has 1 aromatic heterocycles. The van der Waals surface area contributed by atoms with E-state index in [0.29, 0.717) is 26.2 Å². The minimum absolute atomic E-state index is 0.00984. The van der Waals surface area contributed by atoms with Crippen molar-refractivity contribution in [1.82, 2.24) is 9.21 Å². The summed E-state index contributed by atoms with van der Waals surface area (Å²) in [7, 11) is -3.48. The summed E-state index contributed by atoms with van der Waals surface area (Å²) in [4.78, 5) is 15.0. The summed E-state index contributed by atoms with van der Waals surface area (Å²) in [5.74, 6) is -0.00984. The molecule has 5 nitrogen and oxygen atoms in total. The van der Waals surface area contributed by atoms with E-state index in [-0.39, 0.29) is 5.91 Å². The summed E-state index contributed by atoms with van der Waals surface area (Å²) in [5.41, 5.74) is 1.81. The van der Waals surface area contributed by atoms with Crippen LogP contribution in [0.1, 0.15) is 20.8 Å². The van der Waals surface area contributed by atoms with E-state index in [1.807, 2.05) is 48.7 Å². The van der Waals surface area contributed by atoms with E-state index in [2.05, 4.69) is 0 Å². The zero-order chi connectivity index (χ0) is 17.9. The van der Waals surface area contributed by atoms with Crippen molar-refractivity contribution in [3.05, 3.63) is 63.2 Å². The lowest BCUT2D eigenvalue weighted by atomic mass is 10.2. The monoisotopic (exact) mass is 376 g/mol. The van der Waals surface area contributed by atoms with Gasteiger partial charge in [-0.25, -0.2) is 8.42 Å². The van der Waals surface area contributed by atoms with Crippen molar-refractivity contribution in [2.75, 3.05) is 26.2 Å². The Kier molecular flexibility index (Phi) is 5.36. The molecule has 0 radical (unpaired) electrons. The zero-order valence-corrected chi connectivity index (χ0v) is 15.6. The standard InChI is InChI=1S/C18H20N2O3S2/c1-15-7-13-24-17(15)18(21)19-9-11-20(12-10-19)25(22,23)14-8-16-5-3-2-4-6-16/h2-8,13-14H,9-12H2,1H3/b14-8+. The van der Waals surface area contributed by atoms with Gasteiger partial charge in [0.25, 0.3) is 5.91 Å². The largest absolute Gasteiger partial charge is 0.335 e. The van der Waals surface area contributed by atoms with E-state index < -0.39 is 10.0 Å². The third-order valence-electron chi connectivity index (χ3n) is 4.17. The van der Waals surface area contributed by atoms with Gasteiger partial charge in [0.05, 0.1) is 4.88 Å². The maximum absolute atomic E-state index is 12.5. The first-order chi connectivity index (χ1) is 12.0. The molecule has 0 unspecified atom stereocenters. The molecule has 7 heteroatoms. The van der Waals surface area contributed by atoms with Crippen LogP contribution in [-0.4, -0.2) is 49.7 Å². The molecular formula is C18H20N2O3S2. The molecule has 0 bridgehead atoms. The summed E-state index contributed by atoms with van der Waals surface area (Å²) in [6.45, 7) is 3.37. The Morgan fingerprint density at radius 3 is 2.36 bits per heavy atom. The van der Waals surface area contributed by atoms with E-state index in [0.717, 1.165) is 16.0 Å². The second-order valence-electron chi connectivity index (χ2n) is 5.88. The van der Waals surface area contributed by atoms with Gasteiger partial charge < -0.3 is 4.90 Å². The molecule has 1 aliphatic rings. The fourth-order valence-electron chi connectivity index (χ4n) is 2.70. The van der Waals surface area contributed by atoms with Gasteiger partial charge in [-0.05, 0) is 35.6 Å². The van der Waals surface area contributed by atoms with Crippen molar-refractivity contribution in [3.8, 4) is 0 Å². The summed E-state index contributed by atoms with van der Waals surface area (Å²) in [6.07, 6.45) is 1.60. The van der Waals surface area contributed by atoms with Crippen LogP contribution in [0.4, 0.5) is 0 Å². The highest BCUT2D eigenvalue weighted by molar-refractivity contribution is 7.92. The van der Waals surface area contributed by atoms with Crippen molar-refractivity contribution in [3.63, 3.8) is 0 Å². The quantitative estimate of drug-likeness (QED) is 0.824. The molecule has 0 spiro atoms. The number of piperazine rings is 1. The van der Waals surface area contributed by atoms with E-state index in [9.17, 15) is 13.2 Å². The molecular weight excluding hydrogens is 356 g/mol. The zero-order valence-electron chi connectivity index (χ0n) is 14.0. The number of sulfonamides is 1. The van der Waals surface area contributed by atoms with Gasteiger partial charge in [-0.15, -0.1) is 11.3 Å². The van der Waals surface area contributed by atoms with Crippen LogP contribution in [-0.2, 0) is 10.0 Å². The van der Waals surface area contributed by atoms with Crippen molar-refractivity contribution >= 4 is 33.3 Å². The second-order valence-corrected chi connectivity index (χ2v) is 8.62. The lowest BCUT2D eigenvalue weighted by Crippen LogP contribution is -2.50. The number of benzene rings is 1. The number of nitrogens with zero attached hydrogens (tertiary/aromatic N) is 2. The normalized spacial score (nSPS) is 16.4. The van der Waals surface area contributed by atoms with Gasteiger partial charge in [0, 0.05) is 31.6 Å². The smallest absolute Gasteiger partial charge is 0.264 e. The molecule has 0 N–H and O–H groups in total. The summed E-state index contributed by atoms with van der Waals surface area (Å²) in [6, 6.07) is 11.2. The van der Waals surface area contributed by atoms with Crippen LogP contribution in [0, 0.1) is 6.92 Å². The molecule has 2 heterocycles. The van der Waals surface area contributed by atoms with E-state index in [1.165, 1.54) is 21.1 Å². The number of thiophene rings is 1. The van der Waals surface area contributed by atoms with Crippen LogP contribution in [0.3, 0.4) is 0 Å². The molecule has 2 aromatic rings. The van der Waals surface area contributed by atoms with Crippen LogP contribution < -0.4 is 0 Å². The predicted molar refractivity (Wildman–Crippen MR) is 101 cm³/mol. The van der Waals surface area contributed by atoms with Gasteiger partial charge in [0.1, 0.15) is 0 Å². The average molecular weight is 377 g/mol. The molecule has 3 rings (SSSR count). The van der Waals surface area contributed by atoms with Gasteiger partial charge in [-0.3, -0.25) is 4.79 Å². The van der Waals surface area contributed by atoms with Crippen LogP contribution in [0.2, 0.25) is 0 Å². The summed E-state index contributed by atoms with van der Waals surface area (Å²) < 4.78 is 26.3. The second kappa shape index (κ2) is 7.51. The van der Waals surface area contributed by atoms with E-state index in [1.54, 1.807) is 11.0 Å². The Balaban J connectivity index is 1.62. The van der Waals surface area contributed by atoms with Crippen molar-refractivity contribution in [1.29, 1.82) is 0 Å². The van der Waals surface area contributed by atoms with Gasteiger partial charge >= 0.3 is 0 Å². The number of carbonyl (C=O) groups excluding carboxylic acids is 1. The topological polar surface area (TPSA) is 57.7 Å². The van der Waals surface area contributed by atoms with E-state index >= 15 is 0 Å². The molecule has 1 saturated heterocycles. The number of aryl methyl sites for hydroxylation is 1. The first-order valence-electron chi connectivity index (χ1n) is 8.04. The highest BCUT2D eigenvalue weighted by atomic mass is 32.2. The fourth-order valence-corrected chi connectivity index (χ4v) is 4.76. The molecule has 1 amide bonds. The highest BCUT2D eigenvalue weighted by Crippen LogP contribution is 2.20. The van der Waals surface area contributed by atoms with Crippen LogP contribution in [0.25, 0.3) is 6.08 Å². The first kappa shape index (κ1) is 17.8. The Morgan fingerprint density at radius 2 is 1.76 bits per heavy atom. The molecule has 1 aliphatic heterocycles. The minimum atomic E-state index is -3.48. The van der Waals surface area contributed by atoms with Gasteiger partial charge in [0.15, 0.2) is 0 Å². The number of amides is 1. The molecule has 1 aromatic carbocycles. The Hall–Kier alpha value is -1.96. The molecule has 0 atom stereocenters. The Bertz CT molecular complexity index is 865. The molecule has 1 fully saturated rings. The van der Waals surface area contributed by atoms with E-state index in [4.69, 9.17) is 0 Å². The predicted octanol–water partition coefficient (Wildman–Crippen LogP) is 2.82. The van der Waals surface area contributed by atoms with Crippen molar-refractivity contribution in [2.24, 2.45) is 0 Å². The third-order valence-corrected chi connectivity index (χ3v) is 6.74. The Labute approximate surface area is 152 Å². The Morgan fingerprint density at radius 1 is 1.08 bits per heavy atom. The van der Waals surface area contributed by atoms with Gasteiger partial charge in [-0.1, -0.05) is 30.3 Å². The van der Waals surface area contributed by atoms with Crippen LogP contribution in [0.5, 0.6) is 0 Å². The van der Waals surface area contributed by atoms with Gasteiger partial charge in [-0.2, -0.15) is 4.31 Å². The third kappa shape index (κ3) is 4.18. The molecule has 132 valence electrons. The lowest BCUT2D eigenvalue weighted by Gasteiger charge is -2.33. The summed E-state index contributed by atoms with van der Waals surface area (Å²) in [5, 5.41) is 3.14.